The molecule has 4 aromatic heterocycles. The molecule has 0 atom stereocenters. The van der Waals surface area contributed by atoms with Gasteiger partial charge in [0.05, 0.1) is 57.1 Å². The molecule has 0 aliphatic heterocycles. The van der Waals surface area contributed by atoms with Crippen LogP contribution < -0.4 is 16.7 Å². The van der Waals surface area contributed by atoms with E-state index in [0.29, 0.717) is 17.7 Å². The Kier molecular flexibility index (Phi) is 6.62. The number of pyridine rings is 2. The van der Waals surface area contributed by atoms with Gasteiger partial charge in [0, 0.05) is 24.3 Å². The Bertz CT molecular complexity index is 1870. The molecular weight excluding hydrogens is 536 g/mol. The van der Waals surface area contributed by atoms with Crippen LogP contribution in [-0.4, -0.2) is 33.9 Å². The van der Waals surface area contributed by atoms with Gasteiger partial charge in [-0.05, 0) is 31.2 Å². The van der Waals surface area contributed by atoms with Gasteiger partial charge in [0.2, 0.25) is 5.95 Å². The summed E-state index contributed by atoms with van der Waals surface area (Å²) in [5.41, 5.74) is -0.667. The number of benzene rings is 1. The second-order valence-electron chi connectivity index (χ2n) is 8.05. The molecule has 1 aromatic carbocycles. The van der Waals surface area contributed by atoms with Gasteiger partial charge in [-0.1, -0.05) is 23.2 Å². The fraction of sp³-hybridized carbons (Fsp3) is 0.125. The highest BCUT2D eigenvalue weighted by Crippen LogP contribution is 2.29. The van der Waals surface area contributed by atoms with E-state index in [-0.39, 0.29) is 39.5 Å². The number of anilines is 2. The quantitative estimate of drug-likeness (QED) is 0.337. The number of nitrogens with zero attached hydrogens (tertiary/aromatic N) is 8. The number of hydrogen-bond donors (Lipinski definition) is 1. The number of aryl methyl sites for hydroxylation is 1. The van der Waals surface area contributed by atoms with Crippen molar-refractivity contribution < 1.29 is 4.39 Å². The lowest BCUT2D eigenvalue weighted by Crippen LogP contribution is -2.42. The molecule has 38 heavy (non-hydrogen) atoms. The Morgan fingerprint density at radius 2 is 1.95 bits per heavy atom. The third-order valence-corrected chi connectivity index (χ3v) is 6.10. The Hall–Kier alpha value is -4.60. The number of halogens is 3. The first-order chi connectivity index (χ1) is 18.3. The van der Waals surface area contributed by atoms with E-state index >= 15 is 0 Å². The van der Waals surface area contributed by atoms with Gasteiger partial charge >= 0.3 is 11.4 Å². The molecule has 0 bridgehead atoms. The highest BCUT2D eigenvalue weighted by Gasteiger charge is 2.18. The Labute approximate surface area is 223 Å². The molecule has 14 heteroatoms. The fourth-order valence-corrected chi connectivity index (χ4v) is 4.14. The molecule has 0 radical (unpaired) electrons. The summed E-state index contributed by atoms with van der Waals surface area (Å²) >= 11 is 12.5. The molecule has 0 fully saturated rings. The number of aromatic nitrogens is 7. The van der Waals surface area contributed by atoms with Crippen molar-refractivity contribution in [2.75, 3.05) is 5.32 Å². The Morgan fingerprint density at radius 1 is 1.13 bits per heavy atom. The maximum Gasteiger partial charge on any atom is 0.359 e. The topological polar surface area (TPSA) is 136 Å². The summed E-state index contributed by atoms with van der Waals surface area (Å²) in [6, 6.07) is 7.69. The van der Waals surface area contributed by atoms with Gasteiger partial charge in [-0.25, -0.2) is 18.5 Å². The van der Waals surface area contributed by atoms with E-state index in [1.807, 2.05) is 13.1 Å². The van der Waals surface area contributed by atoms with Gasteiger partial charge in [-0.2, -0.15) is 15.3 Å². The summed E-state index contributed by atoms with van der Waals surface area (Å²) in [4.78, 5) is 38.7. The van der Waals surface area contributed by atoms with Crippen molar-refractivity contribution in [1.29, 1.82) is 5.26 Å². The minimum Gasteiger partial charge on any atom is -0.324 e. The van der Waals surface area contributed by atoms with Gasteiger partial charge in [0.15, 0.2) is 5.82 Å². The predicted molar refractivity (Wildman–Crippen MR) is 139 cm³/mol. The van der Waals surface area contributed by atoms with Crippen molar-refractivity contribution in [2.45, 2.75) is 20.0 Å². The zero-order valence-electron chi connectivity index (χ0n) is 19.6. The maximum absolute atomic E-state index is 13.9. The van der Waals surface area contributed by atoms with Crippen LogP contribution in [0.1, 0.15) is 18.2 Å². The molecular formula is C24H16Cl2FN9O2. The third-order valence-electron chi connectivity index (χ3n) is 5.58. The smallest absolute Gasteiger partial charge is 0.324 e. The first-order valence-corrected chi connectivity index (χ1v) is 11.9. The molecule has 5 aromatic rings. The van der Waals surface area contributed by atoms with E-state index in [1.165, 1.54) is 24.5 Å². The summed E-state index contributed by atoms with van der Waals surface area (Å²) in [6.45, 7) is 2.34. The second kappa shape index (κ2) is 10.0. The van der Waals surface area contributed by atoms with Crippen LogP contribution in [0.15, 0.2) is 58.6 Å². The molecule has 5 rings (SSSR count). The highest BCUT2D eigenvalue weighted by molar-refractivity contribution is 6.34. The standard InChI is InChI=1S/C24H16Cl2FN9O2/c1-2-34-11-14-4-21(18(26)6-20(14)33-34)31-22-32-23(37)36(17-5-15(25)8-29-9-17)24(38)35(22)12-16-3-13(7-28)19(27)10-30-16/h3-6,8-11H,2,12H2,1H3,(H,31,32,37). The molecule has 0 saturated carbocycles. The van der Waals surface area contributed by atoms with Crippen molar-refractivity contribution in [2.24, 2.45) is 0 Å². The first kappa shape index (κ1) is 25.1. The number of nitrogens with one attached hydrogen (secondary N) is 1. The average molecular weight is 552 g/mol. The molecule has 0 amide bonds. The average Bonchev–Trinajstić information content (AvgIpc) is 3.29. The monoisotopic (exact) mass is 551 g/mol. The van der Waals surface area contributed by atoms with Crippen molar-refractivity contribution in [3.8, 4) is 11.8 Å². The zero-order valence-corrected chi connectivity index (χ0v) is 21.1. The van der Waals surface area contributed by atoms with Crippen LogP contribution >= 0.6 is 23.2 Å². The van der Waals surface area contributed by atoms with Gasteiger partial charge in [-0.3, -0.25) is 19.2 Å². The van der Waals surface area contributed by atoms with Crippen molar-refractivity contribution in [3.05, 3.63) is 97.1 Å². The number of fused-ring (bicyclic) bond motifs is 1. The lowest BCUT2D eigenvalue weighted by atomic mass is 10.2. The molecule has 11 nitrogen and oxygen atoms in total. The van der Waals surface area contributed by atoms with Crippen LogP contribution in [-0.2, 0) is 13.1 Å². The van der Waals surface area contributed by atoms with E-state index in [2.05, 4.69) is 25.4 Å². The van der Waals surface area contributed by atoms with Crippen LogP contribution in [0.4, 0.5) is 16.0 Å². The van der Waals surface area contributed by atoms with E-state index in [9.17, 15) is 19.2 Å². The van der Waals surface area contributed by atoms with Crippen molar-refractivity contribution in [3.63, 3.8) is 0 Å². The maximum atomic E-state index is 13.9. The van der Waals surface area contributed by atoms with Crippen LogP contribution in [0.3, 0.4) is 0 Å². The SMILES string of the molecule is CCn1cc2cc(Nc3nc(=O)n(-c4cncc(Cl)c4)c(=O)n3Cc3cc(C#N)c(F)cn3)c(Cl)cc2n1. The molecule has 190 valence electrons. The van der Waals surface area contributed by atoms with Gasteiger partial charge in [-0.15, -0.1) is 0 Å². The lowest BCUT2D eigenvalue weighted by molar-refractivity contribution is 0.608. The minimum absolute atomic E-state index is 0.0940. The van der Waals surface area contributed by atoms with Gasteiger partial charge in [0.25, 0.3) is 0 Å². The van der Waals surface area contributed by atoms with Crippen molar-refractivity contribution >= 4 is 45.7 Å². The van der Waals surface area contributed by atoms with Gasteiger partial charge < -0.3 is 5.32 Å². The summed E-state index contributed by atoms with van der Waals surface area (Å²) < 4.78 is 17.5. The number of nitriles is 1. The molecule has 1 N–H and O–H groups in total. The fourth-order valence-electron chi connectivity index (χ4n) is 3.77. The molecule has 0 unspecified atom stereocenters. The minimum atomic E-state index is -0.904. The van der Waals surface area contributed by atoms with Crippen LogP contribution in [0, 0.1) is 17.1 Å². The van der Waals surface area contributed by atoms with Crippen molar-refractivity contribution in [1.82, 2.24) is 33.9 Å². The molecule has 0 saturated heterocycles. The van der Waals surface area contributed by atoms with E-state index < -0.39 is 17.2 Å². The molecule has 0 aliphatic carbocycles. The Balaban J connectivity index is 1.68. The first-order valence-electron chi connectivity index (χ1n) is 11.1. The highest BCUT2D eigenvalue weighted by atomic mass is 35.5. The second-order valence-corrected chi connectivity index (χ2v) is 8.90. The summed E-state index contributed by atoms with van der Waals surface area (Å²) in [7, 11) is 0. The van der Waals surface area contributed by atoms with Crippen LogP contribution in [0.2, 0.25) is 10.0 Å². The molecule has 0 aliphatic rings. The van der Waals surface area contributed by atoms with Crippen LogP contribution in [0.5, 0.6) is 0 Å². The zero-order chi connectivity index (χ0) is 27.0. The van der Waals surface area contributed by atoms with Crippen LogP contribution in [0.25, 0.3) is 16.6 Å². The summed E-state index contributed by atoms with van der Waals surface area (Å²) in [5, 5.41) is 17.8. The van der Waals surface area contributed by atoms with Gasteiger partial charge in [0.1, 0.15) is 6.07 Å². The van der Waals surface area contributed by atoms with E-state index in [0.717, 1.165) is 20.7 Å². The third kappa shape index (κ3) is 4.72. The number of rotatable bonds is 6. The molecule has 0 spiro atoms. The predicted octanol–water partition coefficient (Wildman–Crippen LogP) is 3.66. The molecule has 4 heterocycles. The summed E-state index contributed by atoms with van der Waals surface area (Å²) in [5.74, 6) is -0.956. The Morgan fingerprint density at radius 3 is 2.68 bits per heavy atom. The lowest BCUT2D eigenvalue weighted by Gasteiger charge is -2.16. The largest absolute Gasteiger partial charge is 0.359 e. The normalized spacial score (nSPS) is 11.0. The summed E-state index contributed by atoms with van der Waals surface area (Å²) in [6.07, 6.45) is 5.34. The number of hydrogen-bond acceptors (Lipinski definition) is 8. The van der Waals surface area contributed by atoms with E-state index in [1.54, 1.807) is 22.9 Å². The van der Waals surface area contributed by atoms with E-state index in [4.69, 9.17) is 23.2 Å².